The number of nitrogens with zero attached hydrogens (tertiary/aromatic N) is 5. The van der Waals surface area contributed by atoms with Gasteiger partial charge in [-0.05, 0) is 36.7 Å². The second-order valence-electron chi connectivity index (χ2n) is 11.2. The van der Waals surface area contributed by atoms with Crippen molar-refractivity contribution >= 4 is 44.4 Å². The van der Waals surface area contributed by atoms with E-state index in [1.807, 2.05) is 6.07 Å². The molecule has 0 unspecified atom stereocenters. The van der Waals surface area contributed by atoms with Crippen LogP contribution in [-0.4, -0.2) is 60.0 Å². The van der Waals surface area contributed by atoms with Gasteiger partial charge in [0, 0.05) is 37.1 Å². The molecule has 0 bridgehead atoms. The number of sulfonamides is 1. The molecule has 1 saturated carbocycles. The molecule has 0 amide bonds. The number of halogens is 1. The summed E-state index contributed by atoms with van der Waals surface area (Å²) >= 11 is 6.34. The minimum absolute atomic E-state index is 0.184. The highest BCUT2D eigenvalue weighted by molar-refractivity contribution is 7.92. The first-order chi connectivity index (χ1) is 18.1. The highest BCUT2D eigenvalue weighted by Gasteiger charge is 2.32. The fraction of sp³-hybridized carbons (Fsp3) is 0.593. The minimum Gasteiger partial charge on any atom is -0.377 e. The van der Waals surface area contributed by atoms with Gasteiger partial charge in [0.05, 0.1) is 41.6 Å². The lowest BCUT2D eigenvalue weighted by Gasteiger charge is -2.39. The van der Waals surface area contributed by atoms with Gasteiger partial charge in [-0.3, -0.25) is 9.71 Å². The number of aromatic nitrogens is 4. The van der Waals surface area contributed by atoms with E-state index < -0.39 is 10.0 Å². The third-order valence-electron chi connectivity index (χ3n) is 7.74. The zero-order valence-electron chi connectivity index (χ0n) is 22.5. The molecule has 0 spiro atoms. The van der Waals surface area contributed by atoms with Crippen LogP contribution in [0.25, 0.3) is 22.3 Å². The number of ether oxygens (including phenoxy) is 1. The number of rotatable bonds is 7. The Labute approximate surface area is 230 Å². The van der Waals surface area contributed by atoms with Crippen molar-refractivity contribution in [2.24, 2.45) is 17.8 Å². The lowest BCUT2D eigenvalue weighted by molar-refractivity contribution is 0.0792. The van der Waals surface area contributed by atoms with Gasteiger partial charge in [-0.1, -0.05) is 45.2 Å². The third-order valence-corrected chi connectivity index (χ3v) is 8.53. The zero-order chi connectivity index (χ0) is 27.0. The summed E-state index contributed by atoms with van der Waals surface area (Å²) in [6.07, 6.45) is 9.21. The van der Waals surface area contributed by atoms with Gasteiger partial charge in [-0.15, -0.1) is 0 Å². The van der Waals surface area contributed by atoms with E-state index in [-0.39, 0.29) is 11.9 Å². The summed E-state index contributed by atoms with van der Waals surface area (Å²) in [6.45, 7) is 9.59. The second-order valence-corrected chi connectivity index (χ2v) is 13.4. The average Bonchev–Trinajstić information content (AvgIpc) is 3.21. The topological polar surface area (TPSA) is 102 Å². The lowest BCUT2D eigenvalue weighted by Crippen LogP contribution is -2.49. The predicted octanol–water partition coefficient (Wildman–Crippen LogP) is 5.21. The molecular weight excluding hydrogens is 524 g/mol. The van der Waals surface area contributed by atoms with Crippen molar-refractivity contribution in [3.63, 3.8) is 0 Å². The Bertz CT molecular complexity index is 1400. The molecule has 3 aromatic heterocycles. The molecule has 0 radical (unpaired) electrons. The second kappa shape index (κ2) is 11.0. The Kier molecular flexibility index (Phi) is 7.84. The summed E-state index contributed by atoms with van der Waals surface area (Å²) in [6, 6.07) is 3.72. The fourth-order valence-corrected chi connectivity index (χ4v) is 6.37. The van der Waals surface area contributed by atoms with Crippen molar-refractivity contribution in [1.82, 2.24) is 19.5 Å². The van der Waals surface area contributed by atoms with Crippen LogP contribution >= 0.6 is 11.6 Å². The minimum atomic E-state index is -3.54. The predicted molar refractivity (Wildman–Crippen MR) is 152 cm³/mol. The summed E-state index contributed by atoms with van der Waals surface area (Å²) in [5.74, 6) is 2.76. The molecule has 0 aromatic carbocycles. The number of anilines is 2. The highest BCUT2D eigenvalue weighted by atomic mass is 35.5. The SMILES string of the molecule is CC1CCC(Cn2c(N3CCOC[C@H]3C(C)C)nc3cc(NS(C)(=O)=O)nc(-c4cncc(Cl)c4)c32)CC1. The van der Waals surface area contributed by atoms with Gasteiger partial charge in [-0.2, -0.15) is 0 Å². The molecule has 206 valence electrons. The van der Waals surface area contributed by atoms with Crippen molar-refractivity contribution in [1.29, 1.82) is 0 Å². The molecule has 4 heterocycles. The quantitative estimate of drug-likeness (QED) is 0.423. The zero-order valence-corrected chi connectivity index (χ0v) is 24.1. The van der Waals surface area contributed by atoms with Crippen LogP contribution in [0.1, 0.15) is 46.5 Å². The van der Waals surface area contributed by atoms with Crippen LogP contribution in [0.4, 0.5) is 11.8 Å². The normalized spacial score (nSPS) is 22.8. The molecule has 9 nitrogen and oxygen atoms in total. The Balaban J connectivity index is 1.73. The number of nitrogens with one attached hydrogen (secondary N) is 1. The monoisotopic (exact) mass is 560 g/mol. The van der Waals surface area contributed by atoms with Crippen LogP contribution in [0, 0.1) is 17.8 Å². The number of hydrogen-bond donors (Lipinski definition) is 1. The van der Waals surface area contributed by atoms with Crippen LogP contribution in [0.5, 0.6) is 0 Å². The molecule has 11 heteroatoms. The smallest absolute Gasteiger partial charge is 0.230 e. The molecule has 1 atom stereocenters. The molecule has 1 N–H and O–H groups in total. The number of pyridine rings is 2. The van der Waals surface area contributed by atoms with Gasteiger partial charge in [0.1, 0.15) is 11.5 Å². The first-order valence-corrected chi connectivity index (χ1v) is 15.7. The number of imidazole rings is 1. The summed E-state index contributed by atoms with van der Waals surface area (Å²) in [4.78, 5) is 16.6. The number of morpholine rings is 1. The van der Waals surface area contributed by atoms with Gasteiger partial charge < -0.3 is 14.2 Å². The van der Waals surface area contributed by atoms with Gasteiger partial charge >= 0.3 is 0 Å². The van der Waals surface area contributed by atoms with Gasteiger partial charge in [0.2, 0.25) is 16.0 Å². The van der Waals surface area contributed by atoms with E-state index >= 15 is 0 Å². The van der Waals surface area contributed by atoms with Gasteiger partial charge in [0.15, 0.2) is 0 Å². The van der Waals surface area contributed by atoms with E-state index in [2.05, 4.69) is 39.9 Å². The Morgan fingerprint density at radius 3 is 2.61 bits per heavy atom. The molecule has 3 aromatic rings. The molecule has 1 aliphatic heterocycles. The third kappa shape index (κ3) is 5.92. The van der Waals surface area contributed by atoms with Crippen LogP contribution < -0.4 is 9.62 Å². The fourth-order valence-electron chi connectivity index (χ4n) is 5.71. The molecule has 2 aliphatic rings. The van der Waals surface area contributed by atoms with Crippen LogP contribution in [-0.2, 0) is 21.3 Å². The van der Waals surface area contributed by atoms with E-state index in [1.54, 1.807) is 18.5 Å². The van der Waals surface area contributed by atoms with E-state index in [0.717, 1.165) is 36.7 Å². The lowest BCUT2D eigenvalue weighted by atomic mass is 9.83. The summed E-state index contributed by atoms with van der Waals surface area (Å²) in [5.41, 5.74) is 2.89. The van der Waals surface area contributed by atoms with Crippen LogP contribution in [0.2, 0.25) is 5.02 Å². The van der Waals surface area contributed by atoms with Crippen molar-refractivity contribution in [3.05, 3.63) is 29.5 Å². The first-order valence-electron chi connectivity index (χ1n) is 13.4. The molecule has 5 rings (SSSR count). The highest BCUT2D eigenvalue weighted by Crippen LogP contribution is 2.38. The standard InChI is InChI=1S/C27H37ClN6O3S/c1-17(2)23-16-37-10-9-33(23)27-30-22-12-24(32-38(4,35)36)31-25(20-11-21(28)14-29-13-20)26(22)34(27)15-19-7-5-18(3)6-8-19/h11-14,17-19,23H,5-10,15-16H2,1-4H3,(H,31,32)/t18?,19?,23-/m0/s1. The average molecular weight is 561 g/mol. The van der Waals surface area contributed by atoms with Crippen LogP contribution in [0.3, 0.4) is 0 Å². The van der Waals surface area contributed by atoms with E-state index in [9.17, 15) is 8.42 Å². The van der Waals surface area contributed by atoms with Crippen molar-refractivity contribution < 1.29 is 13.2 Å². The Morgan fingerprint density at radius 2 is 1.92 bits per heavy atom. The molecule has 1 aliphatic carbocycles. The summed E-state index contributed by atoms with van der Waals surface area (Å²) in [7, 11) is -3.54. The van der Waals surface area contributed by atoms with Gasteiger partial charge in [0.25, 0.3) is 0 Å². The van der Waals surface area contributed by atoms with Crippen molar-refractivity contribution in [2.75, 3.05) is 35.6 Å². The van der Waals surface area contributed by atoms with E-state index in [4.69, 9.17) is 26.3 Å². The maximum absolute atomic E-state index is 12.1. The van der Waals surface area contributed by atoms with Crippen molar-refractivity contribution in [2.45, 2.75) is 59.0 Å². The van der Waals surface area contributed by atoms with Crippen LogP contribution in [0.15, 0.2) is 24.5 Å². The van der Waals surface area contributed by atoms with E-state index in [0.29, 0.717) is 46.8 Å². The largest absolute Gasteiger partial charge is 0.377 e. The summed E-state index contributed by atoms with van der Waals surface area (Å²) in [5, 5.41) is 0.486. The van der Waals surface area contributed by atoms with Crippen molar-refractivity contribution in [3.8, 4) is 11.3 Å². The number of fused-ring (bicyclic) bond motifs is 1. The Morgan fingerprint density at radius 1 is 1.16 bits per heavy atom. The molecule has 2 fully saturated rings. The maximum Gasteiger partial charge on any atom is 0.230 e. The van der Waals surface area contributed by atoms with E-state index in [1.165, 1.54) is 25.7 Å². The molecule has 38 heavy (non-hydrogen) atoms. The summed E-state index contributed by atoms with van der Waals surface area (Å²) < 4.78 is 35.0. The number of hydrogen-bond acceptors (Lipinski definition) is 7. The molecule has 1 saturated heterocycles. The first kappa shape index (κ1) is 27.1. The maximum atomic E-state index is 12.1. The Hall–Kier alpha value is -2.43. The molecular formula is C27H37ClN6O3S. The van der Waals surface area contributed by atoms with Gasteiger partial charge in [-0.25, -0.2) is 18.4 Å².